The van der Waals surface area contributed by atoms with Crippen molar-refractivity contribution >= 4 is 34.2 Å². The largest absolute Gasteiger partial charge is 0.324 e. The first kappa shape index (κ1) is 14.6. The van der Waals surface area contributed by atoms with Gasteiger partial charge >= 0.3 is 0 Å². The Morgan fingerprint density at radius 2 is 2.25 bits per heavy atom. The van der Waals surface area contributed by atoms with Gasteiger partial charge in [0.05, 0.1) is 3.57 Å². The van der Waals surface area contributed by atoms with E-state index in [1.165, 1.54) is 29.0 Å². The van der Waals surface area contributed by atoms with E-state index in [-0.39, 0.29) is 12.1 Å². The molecule has 1 amide bonds. The Bertz CT molecular complexity index is 715. The van der Waals surface area contributed by atoms with Gasteiger partial charge in [-0.25, -0.2) is 9.37 Å². The predicted octanol–water partition coefficient (Wildman–Crippen LogP) is 1.93. The van der Waals surface area contributed by atoms with Gasteiger partial charge in [0.1, 0.15) is 18.2 Å². The van der Waals surface area contributed by atoms with E-state index in [0.29, 0.717) is 15.1 Å². The van der Waals surface area contributed by atoms with E-state index >= 15 is 0 Å². The molecule has 0 aliphatic rings. The standard InChI is InChI=1S/C13H11FIN3O2/c1-8-16-6-11(15)13(20)18(8)7-12(19)17-10-4-2-3-9(14)5-10/h2-6H,7H2,1H3,(H,17,19). The lowest BCUT2D eigenvalue weighted by atomic mass is 10.3. The number of amides is 1. The zero-order valence-electron chi connectivity index (χ0n) is 10.6. The maximum Gasteiger partial charge on any atom is 0.267 e. The molecule has 7 heteroatoms. The fourth-order valence-corrected chi connectivity index (χ4v) is 2.08. The number of hydrogen-bond acceptors (Lipinski definition) is 3. The summed E-state index contributed by atoms with van der Waals surface area (Å²) in [5.74, 6) is -0.401. The van der Waals surface area contributed by atoms with Gasteiger partial charge in [-0.1, -0.05) is 6.07 Å². The summed E-state index contributed by atoms with van der Waals surface area (Å²) in [5, 5.41) is 2.54. The molecule has 2 rings (SSSR count). The van der Waals surface area contributed by atoms with Crippen molar-refractivity contribution in [1.29, 1.82) is 0 Å². The van der Waals surface area contributed by atoms with Crippen LogP contribution in [0, 0.1) is 16.3 Å². The molecule has 20 heavy (non-hydrogen) atoms. The Kier molecular flexibility index (Phi) is 4.48. The summed E-state index contributed by atoms with van der Waals surface area (Å²) in [6.07, 6.45) is 1.46. The highest BCUT2D eigenvalue weighted by atomic mass is 127. The molecule has 1 N–H and O–H groups in total. The molecule has 1 heterocycles. The van der Waals surface area contributed by atoms with Crippen molar-refractivity contribution < 1.29 is 9.18 Å². The highest BCUT2D eigenvalue weighted by Crippen LogP contribution is 2.09. The van der Waals surface area contributed by atoms with Crippen molar-refractivity contribution in [3.05, 3.63) is 56.0 Å². The second kappa shape index (κ2) is 6.12. The van der Waals surface area contributed by atoms with Crippen LogP contribution in [0.25, 0.3) is 0 Å². The molecule has 0 saturated carbocycles. The molecule has 2 aromatic rings. The van der Waals surface area contributed by atoms with Crippen molar-refractivity contribution in [3.8, 4) is 0 Å². The number of nitrogens with one attached hydrogen (secondary N) is 1. The van der Waals surface area contributed by atoms with Crippen LogP contribution in [0.3, 0.4) is 0 Å². The van der Waals surface area contributed by atoms with Crippen LogP contribution in [-0.2, 0) is 11.3 Å². The maximum absolute atomic E-state index is 13.0. The minimum absolute atomic E-state index is 0.162. The van der Waals surface area contributed by atoms with E-state index in [1.54, 1.807) is 13.0 Å². The molecule has 0 fully saturated rings. The summed E-state index contributed by atoms with van der Waals surface area (Å²) in [4.78, 5) is 27.8. The molecule has 1 aromatic heterocycles. The summed E-state index contributed by atoms with van der Waals surface area (Å²) >= 11 is 1.86. The van der Waals surface area contributed by atoms with Crippen LogP contribution in [0.15, 0.2) is 35.3 Å². The number of halogens is 2. The number of nitrogens with zero attached hydrogens (tertiary/aromatic N) is 2. The van der Waals surface area contributed by atoms with Crippen LogP contribution < -0.4 is 10.9 Å². The molecule has 5 nitrogen and oxygen atoms in total. The highest BCUT2D eigenvalue weighted by molar-refractivity contribution is 14.1. The smallest absolute Gasteiger partial charge is 0.267 e. The van der Waals surface area contributed by atoms with Gasteiger partial charge in [0.25, 0.3) is 5.56 Å². The quantitative estimate of drug-likeness (QED) is 0.819. The van der Waals surface area contributed by atoms with E-state index in [1.807, 2.05) is 22.6 Å². The highest BCUT2D eigenvalue weighted by Gasteiger charge is 2.10. The first-order valence-electron chi connectivity index (χ1n) is 5.75. The number of rotatable bonds is 3. The first-order chi connectivity index (χ1) is 9.47. The van der Waals surface area contributed by atoms with Crippen molar-refractivity contribution in [2.75, 3.05) is 5.32 Å². The van der Waals surface area contributed by atoms with Gasteiger partial charge in [0.2, 0.25) is 5.91 Å². The summed E-state index contributed by atoms with van der Waals surface area (Å²) in [6.45, 7) is 1.48. The van der Waals surface area contributed by atoms with Crippen LogP contribution in [0.4, 0.5) is 10.1 Å². The minimum atomic E-state index is -0.438. The summed E-state index contributed by atoms with van der Waals surface area (Å²) in [6, 6.07) is 5.56. The molecule has 0 aliphatic heterocycles. The first-order valence-corrected chi connectivity index (χ1v) is 6.82. The molecule has 104 valence electrons. The lowest BCUT2D eigenvalue weighted by Crippen LogP contribution is -2.31. The van der Waals surface area contributed by atoms with Crippen molar-refractivity contribution in [1.82, 2.24) is 9.55 Å². The van der Waals surface area contributed by atoms with Crippen molar-refractivity contribution in [3.63, 3.8) is 0 Å². The number of aryl methyl sites for hydroxylation is 1. The van der Waals surface area contributed by atoms with Crippen LogP contribution in [0.1, 0.15) is 5.82 Å². The molecule has 0 aliphatic carbocycles. The van der Waals surface area contributed by atoms with Gasteiger partial charge in [-0.15, -0.1) is 0 Å². The fraction of sp³-hybridized carbons (Fsp3) is 0.154. The Labute approximate surface area is 128 Å². The molecule has 0 spiro atoms. The van der Waals surface area contributed by atoms with E-state index in [9.17, 15) is 14.0 Å². The Morgan fingerprint density at radius 1 is 1.50 bits per heavy atom. The van der Waals surface area contributed by atoms with Crippen LogP contribution in [0.2, 0.25) is 0 Å². The van der Waals surface area contributed by atoms with Crippen molar-refractivity contribution in [2.45, 2.75) is 13.5 Å². The van der Waals surface area contributed by atoms with Crippen LogP contribution in [0.5, 0.6) is 0 Å². The van der Waals surface area contributed by atoms with E-state index < -0.39 is 11.7 Å². The Balaban J connectivity index is 2.17. The lowest BCUT2D eigenvalue weighted by Gasteiger charge is -2.10. The van der Waals surface area contributed by atoms with E-state index in [2.05, 4.69) is 10.3 Å². The average molecular weight is 387 g/mol. The summed E-state index contributed by atoms with van der Waals surface area (Å²) in [5.41, 5.74) is 0.0757. The van der Waals surface area contributed by atoms with E-state index in [4.69, 9.17) is 0 Å². The molecular formula is C13H11FIN3O2. The zero-order chi connectivity index (χ0) is 14.7. The average Bonchev–Trinajstić information content (AvgIpc) is 2.39. The zero-order valence-corrected chi connectivity index (χ0v) is 12.7. The van der Waals surface area contributed by atoms with Gasteiger partial charge < -0.3 is 5.32 Å². The third-order valence-corrected chi connectivity index (χ3v) is 3.35. The topological polar surface area (TPSA) is 64.0 Å². The summed E-state index contributed by atoms with van der Waals surface area (Å²) < 4.78 is 14.7. The summed E-state index contributed by atoms with van der Waals surface area (Å²) in [7, 11) is 0. The predicted molar refractivity (Wildman–Crippen MR) is 81.0 cm³/mol. The normalized spacial score (nSPS) is 10.3. The van der Waals surface area contributed by atoms with Crippen LogP contribution >= 0.6 is 22.6 Å². The van der Waals surface area contributed by atoms with Crippen LogP contribution in [-0.4, -0.2) is 15.5 Å². The van der Waals surface area contributed by atoms with Gasteiger partial charge in [0.15, 0.2) is 0 Å². The van der Waals surface area contributed by atoms with Gasteiger partial charge in [-0.3, -0.25) is 14.2 Å². The number of benzene rings is 1. The Morgan fingerprint density at radius 3 is 2.95 bits per heavy atom. The molecule has 0 atom stereocenters. The monoisotopic (exact) mass is 387 g/mol. The molecule has 1 aromatic carbocycles. The third kappa shape index (κ3) is 3.41. The van der Waals surface area contributed by atoms with Crippen molar-refractivity contribution in [2.24, 2.45) is 0 Å². The number of carbonyl (C=O) groups is 1. The molecule has 0 saturated heterocycles. The number of carbonyl (C=O) groups excluding carboxylic acids is 1. The van der Waals surface area contributed by atoms with E-state index in [0.717, 1.165) is 0 Å². The Hall–Kier alpha value is -1.77. The maximum atomic E-state index is 13.0. The second-order valence-electron chi connectivity index (χ2n) is 4.10. The van der Waals surface area contributed by atoms with Gasteiger partial charge in [-0.2, -0.15) is 0 Å². The molecule has 0 bridgehead atoms. The van der Waals surface area contributed by atoms with Gasteiger partial charge in [-0.05, 0) is 47.7 Å². The third-order valence-electron chi connectivity index (χ3n) is 2.61. The molecular weight excluding hydrogens is 376 g/mol. The molecule has 0 radical (unpaired) electrons. The van der Waals surface area contributed by atoms with Gasteiger partial charge in [0, 0.05) is 11.9 Å². The number of anilines is 1. The minimum Gasteiger partial charge on any atom is -0.324 e. The second-order valence-corrected chi connectivity index (χ2v) is 5.27. The fourth-order valence-electron chi connectivity index (χ4n) is 1.65. The SMILES string of the molecule is Cc1ncc(I)c(=O)n1CC(=O)Nc1cccc(F)c1. The number of aromatic nitrogens is 2. The number of hydrogen-bond donors (Lipinski definition) is 1. The lowest BCUT2D eigenvalue weighted by molar-refractivity contribution is -0.116. The molecule has 0 unspecified atom stereocenters.